The van der Waals surface area contributed by atoms with Crippen molar-refractivity contribution in [3.8, 4) is 0 Å². The Morgan fingerprint density at radius 2 is 1.93 bits per heavy atom. The molecule has 1 fully saturated rings. The van der Waals surface area contributed by atoms with E-state index in [-0.39, 0.29) is 30.7 Å². The standard InChI is InChI=1S/C10H16N2O3/c1-3-11-7-10(15)12(6-8(2)13)5-4-9(11)14/h3-7H2,1-2H3. The quantitative estimate of drug-likeness (QED) is 0.643. The third-order valence-corrected chi connectivity index (χ3v) is 2.42. The summed E-state index contributed by atoms with van der Waals surface area (Å²) < 4.78 is 0. The lowest BCUT2D eigenvalue weighted by Crippen LogP contribution is -2.39. The molecule has 0 bridgehead atoms. The zero-order chi connectivity index (χ0) is 11.4. The highest BCUT2D eigenvalue weighted by Gasteiger charge is 2.25. The molecule has 1 heterocycles. The summed E-state index contributed by atoms with van der Waals surface area (Å²) in [6, 6.07) is 0. The van der Waals surface area contributed by atoms with Gasteiger partial charge < -0.3 is 9.80 Å². The molecule has 0 spiro atoms. The number of Topliss-reactive ketones (excluding diaryl/α,β-unsaturated/α-hetero) is 1. The van der Waals surface area contributed by atoms with E-state index in [1.807, 2.05) is 6.92 Å². The van der Waals surface area contributed by atoms with Crippen LogP contribution in [-0.2, 0) is 14.4 Å². The fourth-order valence-electron chi connectivity index (χ4n) is 1.59. The van der Waals surface area contributed by atoms with E-state index in [2.05, 4.69) is 0 Å². The van der Waals surface area contributed by atoms with E-state index in [1.165, 1.54) is 16.7 Å². The summed E-state index contributed by atoms with van der Waals surface area (Å²) in [7, 11) is 0. The van der Waals surface area contributed by atoms with Gasteiger partial charge in [0.25, 0.3) is 0 Å². The topological polar surface area (TPSA) is 57.7 Å². The van der Waals surface area contributed by atoms with Gasteiger partial charge in [0.15, 0.2) is 0 Å². The molecule has 0 aromatic heterocycles. The van der Waals surface area contributed by atoms with Crippen molar-refractivity contribution in [2.75, 3.05) is 26.2 Å². The van der Waals surface area contributed by atoms with Gasteiger partial charge in [-0.1, -0.05) is 0 Å². The normalized spacial score (nSPS) is 18.0. The van der Waals surface area contributed by atoms with Gasteiger partial charge in [-0.2, -0.15) is 0 Å². The fourth-order valence-corrected chi connectivity index (χ4v) is 1.59. The molecule has 0 unspecified atom stereocenters. The van der Waals surface area contributed by atoms with Gasteiger partial charge in [-0.15, -0.1) is 0 Å². The maximum absolute atomic E-state index is 11.6. The highest BCUT2D eigenvalue weighted by Crippen LogP contribution is 2.05. The Kier molecular flexibility index (Phi) is 3.82. The first kappa shape index (κ1) is 11.7. The summed E-state index contributed by atoms with van der Waals surface area (Å²) in [5.74, 6) is -0.212. The summed E-state index contributed by atoms with van der Waals surface area (Å²) in [5, 5.41) is 0. The second-order valence-electron chi connectivity index (χ2n) is 3.68. The van der Waals surface area contributed by atoms with Crippen LogP contribution < -0.4 is 0 Å². The van der Waals surface area contributed by atoms with Gasteiger partial charge in [0, 0.05) is 19.5 Å². The molecule has 5 nitrogen and oxygen atoms in total. The molecule has 0 saturated carbocycles. The van der Waals surface area contributed by atoms with Crippen LogP contribution in [-0.4, -0.2) is 53.6 Å². The van der Waals surface area contributed by atoms with Gasteiger partial charge in [-0.25, -0.2) is 0 Å². The molecule has 1 saturated heterocycles. The molecule has 0 aromatic carbocycles. The number of carbonyl (C=O) groups is 3. The monoisotopic (exact) mass is 212 g/mol. The lowest BCUT2D eigenvalue weighted by molar-refractivity contribution is -0.137. The second-order valence-corrected chi connectivity index (χ2v) is 3.68. The highest BCUT2D eigenvalue weighted by atomic mass is 16.2. The number of nitrogens with zero attached hydrogens (tertiary/aromatic N) is 2. The first-order valence-electron chi connectivity index (χ1n) is 5.09. The first-order valence-corrected chi connectivity index (χ1v) is 5.09. The number of likely N-dealkylation sites (N-methyl/N-ethyl adjacent to an activating group) is 1. The number of hydrogen-bond donors (Lipinski definition) is 0. The van der Waals surface area contributed by atoms with Crippen LogP contribution >= 0.6 is 0 Å². The predicted octanol–water partition coefficient (Wildman–Crippen LogP) is -0.344. The van der Waals surface area contributed by atoms with E-state index in [1.54, 1.807) is 0 Å². The van der Waals surface area contributed by atoms with E-state index in [0.29, 0.717) is 19.5 Å². The van der Waals surface area contributed by atoms with Crippen molar-refractivity contribution in [2.24, 2.45) is 0 Å². The Hall–Kier alpha value is -1.39. The van der Waals surface area contributed by atoms with E-state index in [0.717, 1.165) is 0 Å². The summed E-state index contributed by atoms with van der Waals surface area (Å²) in [5.41, 5.74) is 0. The van der Waals surface area contributed by atoms with E-state index in [9.17, 15) is 14.4 Å². The number of amides is 2. The van der Waals surface area contributed by atoms with E-state index >= 15 is 0 Å². The van der Waals surface area contributed by atoms with Crippen molar-refractivity contribution in [2.45, 2.75) is 20.3 Å². The average molecular weight is 212 g/mol. The van der Waals surface area contributed by atoms with Crippen molar-refractivity contribution < 1.29 is 14.4 Å². The number of ketones is 1. The van der Waals surface area contributed by atoms with Crippen LogP contribution in [0.4, 0.5) is 0 Å². The Balaban J connectivity index is 2.68. The minimum atomic E-state index is -0.141. The fraction of sp³-hybridized carbons (Fsp3) is 0.700. The van der Waals surface area contributed by atoms with E-state index in [4.69, 9.17) is 0 Å². The molecular formula is C10H16N2O3. The molecule has 5 heteroatoms. The van der Waals surface area contributed by atoms with Gasteiger partial charge in [-0.05, 0) is 13.8 Å². The number of hydrogen-bond acceptors (Lipinski definition) is 3. The largest absolute Gasteiger partial charge is 0.334 e. The van der Waals surface area contributed by atoms with E-state index < -0.39 is 0 Å². The third kappa shape index (κ3) is 3.04. The van der Waals surface area contributed by atoms with Gasteiger partial charge in [0.1, 0.15) is 5.78 Å². The number of rotatable bonds is 3. The van der Waals surface area contributed by atoms with Crippen molar-refractivity contribution in [1.29, 1.82) is 0 Å². The average Bonchev–Trinajstić information content (AvgIpc) is 2.30. The van der Waals surface area contributed by atoms with Gasteiger partial charge >= 0.3 is 0 Å². The van der Waals surface area contributed by atoms with Crippen LogP contribution in [0.25, 0.3) is 0 Å². The van der Waals surface area contributed by atoms with Crippen LogP contribution in [0.2, 0.25) is 0 Å². The lowest BCUT2D eigenvalue weighted by atomic mass is 10.3. The molecule has 1 rings (SSSR count). The Morgan fingerprint density at radius 3 is 2.47 bits per heavy atom. The summed E-state index contributed by atoms with van der Waals surface area (Å²) in [6.07, 6.45) is 0.312. The molecule has 1 aliphatic heterocycles. The molecule has 0 atom stereocenters. The van der Waals surface area contributed by atoms with Gasteiger partial charge in [0.05, 0.1) is 13.1 Å². The first-order chi connectivity index (χ1) is 7.04. The molecule has 0 N–H and O–H groups in total. The summed E-state index contributed by atoms with van der Waals surface area (Å²) >= 11 is 0. The van der Waals surface area contributed by atoms with Crippen LogP contribution in [0, 0.1) is 0 Å². The highest BCUT2D eigenvalue weighted by molar-refractivity contribution is 5.90. The van der Waals surface area contributed by atoms with Gasteiger partial charge in [0.2, 0.25) is 11.8 Å². The molecule has 0 aromatic rings. The van der Waals surface area contributed by atoms with Crippen LogP contribution in [0.3, 0.4) is 0 Å². The Morgan fingerprint density at radius 1 is 1.27 bits per heavy atom. The van der Waals surface area contributed by atoms with Crippen LogP contribution in [0.15, 0.2) is 0 Å². The second kappa shape index (κ2) is 4.91. The minimum Gasteiger partial charge on any atom is -0.334 e. The Labute approximate surface area is 89.0 Å². The number of carbonyl (C=O) groups excluding carboxylic acids is 3. The molecule has 0 radical (unpaired) electrons. The molecule has 84 valence electrons. The predicted molar refractivity (Wildman–Crippen MR) is 54.1 cm³/mol. The van der Waals surface area contributed by atoms with Crippen LogP contribution in [0.5, 0.6) is 0 Å². The molecule has 15 heavy (non-hydrogen) atoms. The SMILES string of the molecule is CCN1CC(=O)N(CC(C)=O)CCC1=O. The maximum atomic E-state index is 11.6. The third-order valence-electron chi connectivity index (χ3n) is 2.42. The Bertz CT molecular complexity index is 288. The summed E-state index contributed by atoms with van der Waals surface area (Å²) in [6.45, 7) is 4.39. The van der Waals surface area contributed by atoms with Crippen molar-refractivity contribution >= 4 is 17.6 Å². The molecule has 2 amide bonds. The van der Waals surface area contributed by atoms with Gasteiger partial charge in [-0.3, -0.25) is 14.4 Å². The van der Waals surface area contributed by atoms with Crippen molar-refractivity contribution in [1.82, 2.24) is 9.80 Å². The zero-order valence-electron chi connectivity index (χ0n) is 9.15. The molecule has 0 aliphatic carbocycles. The maximum Gasteiger partial charge on any atom is 0.242 e. The smallest absolute Gasteiger partial charge is 0.242 e. The lowest BCUT2D eigenvalue weighted by Gasteiger charge is -2.19. The summed E-state index contributed by atoms with van der Waals surface area (Å²) in [4.78, 5) is 37.0. The van der Waals surface area contributed by atoms with Crippen molar-refractivity contribution in [3.05, 3.63) is 0 Å². The minimum absolute atomic E-state index is 0.0168. The molecular weight excluding hydrogens is 196 g/mol. The zero-order valence-corrected chi connectivity index (χ0v) is 9.15. The van der Waals surface area contributed by atoms with Crippen molar-refractivity contribution in [3.63, 3.8) is 0 Å². The van der Waals surface area contributed by atoms with Crippen LogP contribution in [0.1, 0.15) is 20.3 Å². The molecule has 1 aliphatic rings.